The molecule has 0 aromatic heterocycles. The van der Waals surface area contributed by atoms with Crippen molar-refractivity contribution in [3.8, 4) is 0 Å². The molecule has 90 valence electrons. The second kappa shape index (κ2) is 7.53. The largest absolute Gasteiger partial charge is 0.386 e. The minimum absolute atomic E-state index is 0.0614. The fourth-order valence-corrected chi connectivity index (χ4v) is 0.851. The third-order valence-corrected chi connectivity index (χ3v) is 1.95. The molecule has 0 fully saturated rings. The second-order valence-electron chi connectivity index (χ2n) is 3.41. The summed E-state index contributed by atoms with van der Waals surface area (Å²) in [6, 6.07) is 0.0688. The van der Waals surface area contributed by atoms with E-state index in [4.69, 9.17) is 5.11 Å². The van der Waals surface area contributed by atoms with Gasteiger partial charge in [0.25, 0.3) is 6.43 Å². The third-order valence-electron chi connectivity index (χ3n) is 1.95. The summed E-state index contributed by atoms with van der Waals surface area (Å²) in [6.45, 7) is 3.44. The molecule has 4 nitrogen and oxygen atoms in total. The minimum Gasteiger partial charge on any atom is -0.386 e. The molecule has 0 aromatic carbocycles. The molecular weight excluding hydrogens is 206 g/mol. The van der Waals surface area contributed by atoms with E-state index in [2.05, 4.69) is 10.6 Å². The Morgan fingerprint density at radius 2 is 2.07 bits per heavy atom. The van der Waals surface area contributed by atoms with Crippen LogP contribution in [0.15, 0.2) is 0 Å². The maximum atomic E-state index is 11.8. The van der Waals surface area contributed by atoms with Gasteiger partial charge in [0, 0.05) is 12.6 Å². The average molecular weight is 224 g/mol. The number of nitrogens with one attached hydrogen (secondary N) is 2. The smallest absolute Gasteiger partial charge is 0.265 e. The number of halogens is 2. The van der Waals surface area contributed by atoms with E-state index >= 15 is 0 Å². The number of carbonyl (C=O) groups excluding carboxylic acids is 1. The van der Waals surface area contributed by atoms with Crippen LogP contribution in [0.3, 0.4) is 0 Å². The Labute approximate surface area is 88.0 Å². The van der Waals surface area contributed by atoms with Gasteiger partial charge in [-0.1, -0.05) is 6.92 Å². The summed E-state index contributed by atoms with van der Waals surface area (Å²) < 4.78 is 23.7. The molecule has 0 aromatic rings. The van der Waals surface area contributed by atoms with Crippen LogP contribution < -0.4 is 10.6 Å². The van der Waals surface area contributed by atoms with Crippen LogP contribution in [0.2, 0.25) is 0 Å². The van der Waals surface area contributed by atoms with Gasteiger partial charge in [-0.2, -0.15) is 0 Å². The van der Waals surface area contributed by atoms with E-state index in [0.717, 1.165) is 6.42 Å². The molecule has 0 heterocycles. The lowest BCUT2D eigenvalue weighted by molar-refractivity contribution is -0.121. The molecule has 0 radical (unpaired) electrons. The van der Waals surface area contributed by atoms with Gasteiger partial charge < -0.3 is 15.7 Å². The molecule has 0 aliphatic rings. The normalized spacial score (nSPS) is 15.1. The van der Waals surface area contributed by atoms with Gasteiger partial charge >= 0.3 is 0 Å². The van der Waals surface area contributed by atoms with Gasteiger partial charge in [-0.25, -0.2) is 8.78 Å². The first kappa shape index (κ1) is 14.2. The van der Waals surface area contributed by atoms with Crippen LogP contribution in [0.25, 0.3) is 0 Å². The Morgan fingerprint density at radius 1 is 1.47 bits per heavy atom. The summed E-state index contributed by atoms with van der Waals surface area (Å²) in [4.78, 5) is 11.1. The van der Waals surface area contributed by atoms with Crippen molar-refractivity contribution >= 4 is 5.91 Å². The van der Waals surface area contributed by atoms with E-state index < -0.39 is 12.5 Å². The van der Waals surface area contributed by atoms with E-state index in [1.165, 1.54) is 0 Å². The number of alkyl halides is 2. The molecule has 0 aliphatic carbocycles. The number of carbonyl (C=O) groups is 1. The zero-order chi connectivity index (χ0) is 11.8. The highest BCUT2D eigenvalue weighted by Crippen LogP contribution is 1.97. The lowest BCUT2D eigenvalue weighted by atomic mass is 10.2. The Bertz CT molecular complexity index is 191. The highest BCUT2D eigenvalue weighted by atomic mass is 19.3. The van der Waals surface area contributed by atoms with Crippen molar-refractivity contribution in [2.45, 2.75) is 38.8 Å². The lowest BCUT2D eigenvalue weighted by Crippen LogP contribution is -2.41. The van der Waals surface area contributed by atoms with E-state index in [1.54, 1.807) is 0 Å². The number of hydrogen-bond acceptors (Lipinski definition) is 3. The summed E-state index contributed by atoms with van der Waals surface area (Å²) in [5, 5.41) is 13.8. The van der Waals surface area contributed by atoms with E-state index in [9.17, 15) is 13.6 Å². The van der Waals surface area contributed by atoms with E-state index in [1.807, 2.05) is 13.8 Å². The van der Waals surface area contributed by atoms with Gasteiger partial charge in [-0.15, -0.1) is 0 Å². The summed E-state index contributed by atoms with van der Waals surface area (Å²) in [5.41, 5.74) is 0. The quantitative estimate of drug-likeness (QED) is 0.575. The van der Waals surface area contributed by atoms with Crippen LogP contribution in [0.4, 0.5) is 8.78 Å². The topological polar surface area (TPSA) is 61.4 Å². The van der Waals surface area contributed by atoms with Crippen molar-refractivity contribution in [2.24, 2.45) is 0 Å². The van der Waals surface area contributed by atoms with Crippen molar-refractivity contribution in [1.82, 2.24) is 10.6 Å². The van der Waals surface area contributed by atoms with Crippen molar-refractivity contribution in [3.63, 3.8) is 0 Å². The summed E-state index contributed by atoms with van der Waals surface area (Å²) in [5.74, 6) is -0.259. The number of rotatable bonds is 7. The second-order valence-corrected chi connectivity index (χ2v) is 3.41. The first-order valence-electron chi connectivity index (χ1n) is 4.93. The lowest BCUT2D eigenvalue weighted by Gasteiger charge is -2.13. The number of amides is 1. The number of aliphatic hydroxyl groups excluding tert-OH is 1. The van der Waals surface area contributed by atoms with Crippen LogP contribution in [0.5, 0.6) is 0 Å². The Kier molecular flexibility index (Phi) is 7.15. The Morgan fingerprint density at radius 3 is 2.53 bits per heavy atom. The standard InChI is InChI=1S/C9H18F2N2O2/c1-3-6(2)13-8(15)5-12-4-7(14)9(10)11/h6-7,9,12,14H,3-5H2,1-2H3,(H,13,15). The predicted molar refractivity (Wildman–Crippen MR) is 52.8 cm³/mol. The molecule has 0 bridgehead atoms. The highest BCUT2D eigenvalue weighted by molar-refractivity contribution is 5.78. The van der Waals surface area contributed by atoms with E-state index in [0.29, 0.717) is 0 Å². The molecule has 6 heteroatoms. The SMILES string of the molecule is CCC(C)NC(=O)CNCC(O)C(F)F. The molecule has 1 amide bonds. The molecular formula is C9H18F2N2O2. The van der Waals surface area contributed by atoms with Crippen LogP contribution in [-0.4, -0.2) is 42.7 Å². The van der Waals surface area contributed by atoms with Gasteiger partial charge in [0.1, 0.15) is 6.10 Å². The van der Waals surface area contributed by atoms with Gasteiger partial charge in [0.05, 0.1) is 6.54 Å². The Balaban J connectivity index is 3.55. The zero-order valence-electron chi connectivity index (χ0n) is 8.96. The molecule has 0 rings (SSSR count). The molecule has 0 saturated heterocycles. The molecule has 2 atom stereocenters. The summed E-state index contributed by atoms with van der Waals surface area (Å²) in [6.07, 6.45) is -3.69. The fraction of sp³-hybridized carbons (Fsp3) is 0.889. The zero-order valence-corrected chi connectivity index (χ0v) is 8.96. The van der Waals surface area contributed by atoms with Crippen molar-refractivity contribution < 1.29 is 18.7 Å². The maximum Gasteiger partial charge on any atom is 0.265 e. The van der Waals surface area contributed by atoms with Gasteiger partial charge in [-0.05, 0) is 13.3 Å². The predicted octanol–water partition coefficient (Wildman–Crippen LogP) is 0.117. The third kappa shape index (κ3) is 7.21. The number of hydrogen-bond donors (Lipinski definition) is 3. The fourth-order valence-electron chi connectivity index (χ4n) is 0.851. The van der Waals surface area contributed by atoms with Crippen LogP contribution in [-0.2, 0) is 4.79 Å². The molecule has 0 saturated carbocycles. The van der Waals surface area contributed by atoms with Crippen molar-refractivity contribution in [2.75, 3.05) is 13.1 Å². The first-order valence-corrected chi connectivity index (χ1v) is 4.93. The van der Waals surface area contributed by atoms with Crippen molar-refractivity contribution in [3.05, 3.63) is 0 Å². The molecule has 15 heavy (non-hydrogen) atoms. The van der Waals surface area contributed by atoms with Crippen LogP contribution in [0.1, 0.15) is 20.3 Å². The van der Waals surface area contributed by atoms with Crippen LogP contribution >= 0.6 is 0 Å². The first-order chi connectivity index (χ1) is 6.97. The van der Waals surface area contributed by atoms with Gasteiger partial charge in [0.2, 0.25) is 5.91 Å². The molecule has 2 unspecified atom stereocenters. The minimum atomic E-state index is -2.78. The van der Waals surface area contributed by atoms with E-state index in [-0.39, 0.29) is 25.0 Å². The maximum absolute atomic E-state index is 11.8. The Hall–Kier alpha value is -0.750. The van der Waals surface area contributed by atoms with Gasteiger partial charge in [0.15, 0.2) is 0 Å². The van der Waals surface area contributed by atoms with Crippen LogP contribution in [0, 0.1) is 0 Å². The molecule has 0 spiro atoms. The summed E-state index contributed by atoms with van der Waals surface area (Å²) in [7, 11) is 0. The molecule has 0 aliphatic heterocycles. The summed E-state index contributed by atoms with van der Waals surface area (Å²) >= 11 is 0. The average Bonchev–Trinajstić information content (AvgIpc) is 2.17. The number of aliphatic hydroxyl groups is 1. The molecule has 3 N–H and O–H groups in total. The van der Waals surface area contributed by atoms with Crippen molar-refractivity contribution in [1.29, 1.82) is 0 Å². The monoisotopic (exact) mass is 224 g/mol. The van der Waals surface area contributed by atoms with Gasteiger partial charge in [-0.3, -0.25) is 4.79 Å². The highest BCUT2D eigenvalue weighted by Gasteiger charge is 2.16.